The molecule has 2 rings (SSSR count). The van der Waals surface area contributed by atoms with Crippen molar-refractivity contribution in [1.82, 2.24) is 14.7 Å². The van der Waals surface area contributed by atoms with Gasteiger partial charge in [0.05, 0.1) is 12.1 Å². The van der Waals surface area contributed by atoms with Gasteiger partial charge in [-0.2, -0.15) is 0 Å². The van der Waals surface area contributed by atoms with Crippen LogP contribution in [-0.2, 0) is 16.0 Å². The van der Waals surface area contributed by atoms with Gasteiger partial charge in [-0.1, -0.05) is 0 Å². The zero-order chi connectivity index (χ0) is 14.5. The van der Waals surface area contributed by atoms with Gasteiger partial charge in [0.2, 0.25) is 5.91 Å². The van der Waals surface area contributed by atoms with Crippen molar-refractivity contribution in [3.63, 3.8) is 0 Å². The predicted octanol–water partition coefficient (Wildman–Crippen LogP) is 1.62. The summed E-state index contributed by atoms with van der Waals surface area (Å²) in [7, 11) is 0. The van der Waals surface area contributed by atoms with Crippen LogP contribution >= 0.6 is 11.3 Å². The van der Waals surface area contributed by atoms with E-state index in [0.717, 1.165) is 16.3 Å². The molecular weight excluding hydrogens is 278 g/mol. The summed E-state index contributed by atoms with van der Waals surface area (Å²) < 4.78 is 1.93. The fourth-order valence-electron chi connectivity index (χ4n) is 1.92. The van der Waals surface area contributed by atoms with E-state index in [1.165, 1.54) is 11.3 Å². The Morgan fingerprint density at radius 2 is 2.25 bits per heavy atom. The highest BCUT2D eigenvalue weighted by molar-refractivity contribution is 7.15. The second kappa shape index (κ2) is 6.51. The summed E-state index contributed by atoms with van der Waals surface area (Å²) in [5, 5.41) is 13.2. The number of thiazole rings is 1. The summed E-state index contributed by atoms with van der Waals surface area (Å²) in [6.45, 7) is 2.44. The van der Waals surface area contributed by atoms with E-state index in [2.05, 4.69) is 10.3 Å². The molecular formula is C13H17N3O3S. The quantitative estimate of drug-likeness (QED) is 0.760. The van der Waals surface area contributed by atoms with Crippen LogP contribution in [0.3, 0.4) is 0 Å². The molecule has 0 aliphatic heterocycles. The van der Waals surface area contributed by atoms with Crippen LogP contribution in [0.1, 0.15) is 30.7 Å². The van der Waals surface area contributed by atoms with Gasteiger partial charge in [-0.25, -0.2) is 4.98 Å². The lowest BCUT2D eigenvalue weighted by Gasteiger charge is -2.04. The van der Waals surface area contributed by atoms with Crippen LogP contribution in [0.2, 0.25) is 0 Å². The van der Waals surface area contributed by atoms with E-state index in [9.17, 15) is 9.59 Å². The number of nitrogens with zero attached hydrogens (tertiary/aromatic N) is 2. The van der Waals surface area contributed by atoms with Crippen LogP contribution in [0.25, 0.3) is 4.96 Å². The summed E-state index contributed by atoms with van der Waals surface area (Å²) in [6.07, 6.45) is 3.64. The molecule has 2 aromatic rings. The minimum absolute atomic E-state index is 0.0496. The molecule has 6 nitrogen and oxygen atoms in total. The SMILES string of the molecule is Cc1cn2c(CC(=O)NCCCCC(=O)O)csc2n1. The van der Waals surface area contributed by atoms with Crippen LogP contribution in [-0.4, -0.2) is 32.9 Å². The van der Waals surface area contributed by atoms with E-state index in [-0.39, 0.29) is 12.3 Å². The Hall–Kier alpha value is -1.89. The first-order valence-electron chi connectivity index (χ1n) is 6.47. The zero-order valence-electron chi connectivity index (χ0n) is 11.3. The average molecular weight is 295 g/mol. The summed E-state index contributed by atoms with van der Waals surface area (Å²) in [5.74, 6) is -0.848. The Balaban J connectivity index is 1.78. The molecule has 2 N–H and O–H groups in total. The third-order valence-corrected chi connectivity index (χ3v) is 3.77. The predicted molar refractivity (Wildman–Crippen MR) is 76.0 cm³/mol. The molecule has 1 amide bonds. The second-order valence-corrected chi connectivity index (χ2v) is 5.48. The maximum Gasteiger partial charge on any atom is 0.303 e. The smallest absolute Gasteiger partial charge is 0.303 e. The number of carboxylic acid groups (broad SMARTS) is 1. The first kappa shape index (κ1) is 14.5. The molecule has 0 fully saturated rings. The molecule has 0 saturated carbocycles. The van der Waals surface area contributed by atoms with Crippen molar-refractivity contribution >= 4 is 28.2 Å². The Labute approximate surface area is 120 Å². The molecule has 0 aliphatic rings. The van der Waals surface area contributed by atoms with Crippen LogP contribution in [0, 0.1) is 6.92 Å². The normalized spacial score (nSPS) is 10.8. The van der Waals surface area contributed by atoms with Gasteiger partial charge >= 0.3 is 5.97 Å². The Morgan fingerprint density at radius 1 is 1.45 bits per heavy atom. The molecule has 0 unspecified atom stereocenters. The van der Waals surface area contributed by atoms with Gasteiger partial charge in [-0.15, -0.1) is 11.3 Å². The maximum atomic E-state index is 11.8. The van der Waals surface area contributed by atoms with Crippen LogP contribution in [0.5, 0.6) is 0 Å². The van der Waals surface area contributed by atoms with E-state index in [4.69, 9.17) is 5.11 Å². The van der Waals surface area contributed by atoms with E-state index < -0.39 is 5.97 Å². The topological polar surface area (TPSA) is 83.7 Å². The molecule has 20 heavy (non-hydrogen) atoms. The number of hydrogen-bond donors (Lipinski definition) is 2. The largest absolute Gasteiger partial charge is 0.481 e. The molecule has 2 aromatic heterocycles. The van der Waals surface area contributed by atoms with Crippen molar-refractivity contribution in [2.24, 2.45) is 0 Å². The first-order valence-corrected chi connectivity index (χ1v) is 7.35. The zero-order valence-corrected chi connectivity index (χ0v) is 12.1. The van der Waals surface area contributed by atoms with Crippen molar-refractivity contribution in [1.29, 1.82) is 0 Å². The van der Waals surface area contributed by atoms with Gasteiger partial charge in [0.25, 0.3) is 0 Å². The fraction of sp³-hybridized carbons (Fsp3) is 0.462. The van der Waals surface area contributed by atoms with Crippen molar-refractivity contribution in [2.75, 3.05) is 6.54 Å². The molecule has 2 heterocycles. The lowest BCUT2D eigenvalue weighted by atomic mass is 10.2. The number of imidazole rings is 1. The number of hydrogen-bond acceptors (Lipinski definition) is 4. The van der Waals surface area contributed by atoms with Gasteiger partial charge in [-0.05, 0) is 19.8 Å². The summed E-state index contributed by atoms with van der Waals surface area (Å²) >= 11 is 1.52. The Kier molecular flexibility index (Phi) is 4.73. The number of unbranched alkanes of at least 4 members (excludes halogenated alkanes) is 1. The molecule has 0 spiro atoms. The number of nitrogens with one attached hydrogen (secondary N) is 1. The number of fused-ring (bicyclic) bond motifs is 1. The van der Waals surface area contributed by atoms with Gasteiger partial charge in [-0.3, -0.25) is 14.0 Å². The van der Waals surface area contributed by atoms with Crippen molar-refractivity contribution in [2.45, 2.75) is 32.6 Å². The highest BCUT2D eigenvalue weighted by Gasteiger charge is 2.10. The molecule has 0 atom stereocenters. The number of carbonyl (C=O) groups is 2. The molecule has 0 aromatic carbocycles. The Bertz CT molecular complexity index is 617. The summed E-state index contributed by atoms with van der Waals surface area (Å²) in [5.41, 5.74) is 1.86. The minimum Gasteiger partial charge on any atom is -0.481 e. The van der Waals surface area contributed by atoms with Crippen LogP contribution in [0.4, 0.5) is 0 Å². The monoisotopic (exact) mass is 295 g/mol. The number of carboxylic acids is 1. The highest BCUT2D eigenvalue weighted by Crippen LogP contribution is 2.16. The van der Waals surface area contributed by atoms with Crippen LogP contribution < -0.4 is 5.32 Å². The maximum absolute atomic E-state index is 11.8. The lowest BCUT2D eigenvalue weighted by molar-refractivity contribution is -0.137. The molecule has 0 radical (unpaired) electrons. The molecule has 0 aliphatic carbocycles. The molecule has 7 heteroatoms. The van der Waals surface area contributed by atoms with E-state index in [0.29, 0.717) is 25.8 Å². The van der Waals surface area contributed by atoms with Crippen molar-refractivity contribution in [3.05, 3.63) is 23.0 Å². The molecule has 108 valence electrons. The van der Waals surface area contributed by atoms with E-state index in [1.54, 1.807) is 0 Å². The fourth-order valence-corrected chi connectivity index (χ4v) is 2.84. The lowest BCUT2D eigenvalue weighted by Crippen LogP contribution is -2.26. The Morgan fingerprint density at radius 3 is 3.00 bits per heavy atom. The number of rotatable bonds is 7. The van der Waals surface area contributed by atoms with Crippen molar-refractivity contribution < 1.29 is 14.7 Å². The third kappa shape index (κ3) is 3.80. The standard InChI is InChI=1S/C13H17N3O3S/c1-9-7-16-10(8-20-13(16)15-9)6-11(17)14-5-3-2-4-12(18)19/h7-8H,2-6H2,1H3,(H,14,17)(H,18,19). The average Bonchev–Trinajstić information content (AvgIpc) is 2.89. The molecule has 0 saturated heterocycles. The van der Waals surface area contributed by atoms with Crippen molar-refractivity contribution in [3.8, 4) is 0 Å². The minimum atomic E-state index is -0.799. The number of aliphatic carboxylic acids is 1. The number of aryl methyl sites for hydroxylation is 1. The van der Waals surface area contributed by atoms with Gasteiger partial charge in [0.1, 0.15) is 0 Å². The third-order valence-electron chi connectivity index (χ3n) is 2.89. The van der Waals surface area contributed by atoms with Gasteiger partial charge < -0.3 is 10.4 Å². The summed E-state index contributed by atoms with van der Waals surface area (Å²) in [4.78, 5) is 27.4. The number of carbonyl (C=O) groups excluding carboxylic acids is 1. The van der Waals surface area contributed by atoms with Gasteiger partial charge in [0, 0.05) is 30.2 Å². The highest BCUT2D eigenvalue weighted by atomic mass is 32.1. The summed E-state index contributed by atoms with van der Waals surface area (Å²) in [6, 6.07) is 0. The number of aromatic nitrogens is 2. The second-order valence-electron chi connectivity index (χ2n) is 4.64. The van der Waals surface area contributed by atoms with E-state index in [1.807, 2.05) is 22.9 Å². The van der Waals surface area contributed by atoms with Crippen LogP contribution in [0.15, 0.2) is 11.6 Å². The van der Waals surface area contributed by atoms with Gasteiger partial charge in [0.15, 0.2) is 4.96 Å². The first-order chi connectivity index (χ1) is 9.56. The van der Waals surface area contributed by atoms with E-state index >= 15 is 0 Å². The number of amides is 1. The molecule has 0 bridgehead atoms.